The second-order valence-electron chi connectivity index (χ2n) is 4.34. The highest BCUT2D eigenvalue weighted by Crippen LogP contribution is 2.20. The van der Waals surface area contributed by atoms with E-state index in [0.29, 0.717) is 18.1 Å². The van der Waals surface area contributed by atoms with Gasteiger partial charge < -0.3 is 19.6 Å². The van der Waals surface area contributed by atoms with Crippen LogP contribution in [0.15, 0.2) is 16.5 Å². The van der Waals surface area contributed by atoms with E-state index in [2.05, 4.69) is 5.32 Å². The van der Waals surface area contributed by atoms with Crippen molar-refractivity contribution >= 4 is 23.6 Å². The Morgan fingerprint density at radius 2 is 2.32 bits per heavy atom. The summed E-state index contributed by atoms with van der Waals surface area (Å²) in [6, 6.07) is 3.26. The van der Waals surface area contributed by atoms with Crippen molar-refractivity contribution in [2.45, 2.75) is 17.7 Å². The fourth-order valence-electron chi connectivity index (χ4n) is 1.88. The van der Waals surface area contributed by atoms with Gasteiger partial charge in [0.15, 0.2) is 11.3 Å². The third kappa shape index (κ3) is 2.93. The summed E-state index contributed by atoms with van der Waals surface area (Å²) in [6.45, 7) is 0.301. The number of furan rings is 1. The Labute approximate surface area is 114 Å². The van der Waals surface area contributed by atoms with Crippen molar-refractivity contribution in [3.63, 3.8) is 0 Å². The summed E-state index contributed by atoms with van der Waals surface area (Å²) >= 11 is 1.58. The average Bonchev–Trinajstić information content (AvgIpc) is 2.99. The molecule has 0 aliphatic carbocycles. The molecule has 1 amide bonds. The molecule has 1 fully saturated rings. The van der Waals surface area contributed by atoms with Gasteiger partial charge in [-0.2, -0.15) is 11.8 Å². The van der Waals surface area contributed by atoms with Gasteiger partial charge in [-0.1, -0.05) is 0 Å². The van der Waals surface area contributed by atoms with Crippen LogP contribution in [-0.4, -0.2) is 42.0 Å². The minimum absolute atomic E-state index is 0.0214. The van der Waals surface area contributed by atoms with Crippen LogP contribution < -0.4 is 5.32 Å². The van der Waals surface area contributed by atoms with Crippen molar-refractivity contribution in [1.29, 1.82) is 0 Å². The van der Waals surface area contributed by atoms with Gasteiger partial charge in [-0.05, 0) is 18.4 Å². The lowest BCUT2D eigenvalue weighted by Gasteiger charge is -2.22. The SMILES string of the molecule is CSCc1ccc(C(=O)NC2(C(=O)O)CCOC2)o1. The van der Waals surface area contributed by atoms with Crippen LogP contribution in [0.4, 0.5) is 0 Å². The number of carbonyl (C=O) groups excluding carboxylic acids is 1. The Balaban J connectivity index is 2.08. The molecular formula is C12H15NO5S. The maximum absolute atomic E-state index is 12.0. The van der Waals surface area contributed by atoms with Gasteiger partial charge in [-0.25, -0.2) is 4.79 Å². The number of hydrogen-bond acceptors (Lipinski definition) is 5. The molecule has 7 heteroatoms. The van der Waals surface area contributed by atoms with Crippen molar-refractivity contribution in [3.8, 4) is 0 Å². The molecule has 1 aromatic rings. The molecule has 2 N–H and O–H groups in total. The van der Waals surface area contributed by atoms with E-state index < -0.39 is 17.4 Å². The molecule has 104 valence electrons. The normalized spacial score (nSPS) is 22.4. The van der Waals surface area contributed by atoms with Crippen LogP contribution in [-0.2, 0) is 15.3 Å². The van der Waals surface area contributed by atoms with Gasteiger partial charge in [0.25, 0.3) is 5.91 Å². The molecule has 0 spiro atoms. The lowest BCUT2D eigenvalue weighted by atomic mass is 9.99. The Kier molecular flexibility index (Phi) is 4.16. The monoisotopic (exact) mass is 285 g/mol. The van der Waals surface area contributed by atoms with E-state index in [1.165, 1.54) is 0 Å². The predicted molar refractivity (Wildman–Crippen MR) is 69.2 cm³/mol. The molecule has 1 aromatic heterocycles. The second kappa shape index (κ2) is 5.66. The number of carboxylic acids is 1. The van der Waals surface area contributed by atoms with Gasteiger partial charge in [0.1, 0.15) is 5.76 Å². The minimum atomic E-state index is -1.34. The van der Waals surface area contributed by atoms with E-state index in [0.717, 1.165) is 0 Å². The number of ether oxygens (including phenoxy) is 1. The zero-order valence-corrected chi connectivity index (χ0v) is 11.3. The van der Waals surface area contributed by atoms with Crippen molar-refractivity contribution in [3.05, 3.63) is 23.7 Å². The molecule has 1 aliphatic rings. The third-order valence-electron chi connectivity index (χ3n) is 2.96. The van der Waals surface area contributed by atoms with E-state index >= 15 is 0 Å². The molecule has 0 radical (unpaired) electrons. The summed E-state index contributed by atoms with van der Waals surface area (Å²) in [7, 11) is 0. The maximum Gasteiger partial charge on any atom is 0.331 e. The molecule has 1 saturated heterocycles. The van der Waals surface area contributed by atoms with E-state index in [1.54, 1.807) is 23.9 Å². The van der Waals surface area contributed by atoms with Crippen molar-refractivity contribution < 1.29 is 23.8 Å². The maximum atomic E-state index is 12.0. The Bertz CT molecular complexity index is 478. The first-order chi connectivity index (χ1) is 9.07. The van der Waals surface area contributed by atoms with Crippen molar-refractivity contribution in [2.75, 3.05) is 19.5 Å². The standard InChI is InChI=1S/C12H15NO5S/c1-19-6-8-2-3-9(18-8)10(14)13-12(11(15)16)4-5-17-7-12/h2-3H,4-7H2,1H3,(H,13,14)(H,15,16). The van der Waals surface area contributed by atoms with Gasteiger partial charge in [0.05, 0.1) is 12.4 Å². The largest absolute Gasteiger partial charge is 0.479 e. The van der Waals surface area contributed by atoms with E-state index in [-0.39, 0.29) is 18.8 Å². The van der Waals surface area contributed by atoms with Crippen LogP contribution >= 0.6 is 11.8 Å². The summed E-state index contributed by atoms with van der Waals surface area (Å²) in [5.74, 6) is -0.142. The van der Waals surface area contributed by atoms with Crippen LogP contribution in [0.2, 0.25) is 0 Å². The molecule has 1 aliphatic heterocycles. The van der Waals surface area contributed by atoms with Gasteiger partial charge >= 0.3 is 5.97 Å². The average molecular weight is 285 g/mol. The summed E-state index contributed by atoms with van der Waals surface area (Å²) in [5, 5.41) is 11.7. The molecule has 1 unspecified atom stereocenters. The van der Waals surface area contributed by atoms with Crippen LogP contribution in [0.25, 0.3) is 0 Å². The number of rotatable bonds is 5. The lowest BCUT2D eigenvalue weighted by Crippen LogP contribution is -2.55. The molecule has 6 nitrogen and oxygen atoms in total. The predicted octanol–water partition coefficient (Wildman–Crippen LogP) is 1.12. The lowest BCUT2D eigenvalue weighted by molar-refractivity contribution is -0.144. The highest BCUT2D eigenvalue weighted by atomic mass is 32.2. The summed E-state index contributed by atoms with van der Waals surface area (Å²) in [5.41, 5.74) is -1.34. The first-order valence-corrected chi connectivity index (χ1v) is 7.18. The third-order valence-corrected chi connectivity index (χ3v) is 3.53. The van der Waals surface area contributed by atoms with E-state index in [9.17, 15) is 14.7 Å². The van der Waals surface area contributed by atoms with Gasteiger partial charge in [0.2, 0.25) is 0 Å². The molecule has 19 heavy (non-hydrogen) atoms. The Hall–Kier alpha value is -1.47. The van der Waals surface area contributed by atoms with Crippen LogP contribution in [0.3, 0.4) is 0 Å². The molecule has 0 aromatic carbocycles. The minimum Gasteiger partial charge on any atom is -0.479 e. The summed E-state index contributed by atoms with van der Waals surface area (Å²) < 4.78 is 10.4. The van der Waals surface area contributed by atoms with Gasteiger partial charge in [-0.15, -0.1) is 0 Å². The summed E-state index contributed by atoms with van der Waals surface area (Å²) in [6.07, 6.45) is 2.18. The fraction of sp³-hybridized carbons (Fsp3) is 0.500. The Morgan fingerprint density at radius 3 is 2.89 bits per heavy atom. The van der Waals surface area contributed by atoms with Crippen molar-refractivity contribution in [1.82, 2.24) is 5.32 Å². The molecule has 0 saturated carbocycles. The zero-order valence-electron chi connectivity index (χ0n) is 10.5. The quantitative estimate of drug-likeness (QED) is 0.842. The van der Waals surface area contributed by atoms with Gasteiger partial charge in [-0.3, -0.25) is 4.79 Å². The van der Waals surface area contributed by atoms with E-state index in [1.807, 2.05) is 6.26 Å². The molecule has 2 heterocycles. The highest BCUT2D eigenvalue weighted by Gasteiger charge is 2.44. The first kappa shape index (κ1) is 14.0. The summed E-state index contributed by atoms with van der Waals surface area (Å²) in [4.78, 5) is 23.3. The number of carbonyl (C=O) groups is 2. The molecular weight excluding hydrogens is 270 g/mol. The fourth-order valence-corrected chi connectivity index (χ4v) is 2.32. The van der Waals surface area contributed by atoms with E-state index in [4.69, 9.17) is 9.15 Å². The second-order valence-corrected chi connectivity index (χ2v) is 5.21. The van der Waals surface area contributed by atoms with Crippen molar-refractivity contribution in [2.24, 2.45) is 0 Å². The molecule has 1 atom stereocenters. The van der Waals surface area contributed by atoms with Crippen LogP contribution in [0, 0.1) is 0 Å². The van der Waals surface area contributed by atoms with Crippen LogP contribution in [0.5, 0.6) is 0 Å². The Morgan fingerprint density at radius 1 is 1.53 bits per heavy atom. The topological polar surface area (TPSA) is 88.8 Å². The number of hydrogen-bond donors (Lipinski definition) is 2. The smallest absolute Gasteiger partial charge is 0.331 e. The van der Waals surface area contributed by atoms with Gasteiger partial charge in [0, 0.05) is 13.0 Å². The number of thioether (sulfide) groups is 1. The number of amides is 1. The first-order valence-electron chi connectivity index (χ1n) is 5.79. The number of aliphatic carboxylic acids is 1. The highest BCUT2D eigenvalue weighted by molar-refractivity contribution is 7.97. The zero-order chi connectivity index (χ0) is 13.9. The molecule has 0 bridgehead atoms. The number of carboxylic acid groups (broad SMARTS) is 1. The van der Waals surface area contributed by atoms with Crippen LogP contribution in [0.1, 0.15) is 22.7 Å². The molecule has 2 rings (SSSR count). The number of nitrogens with one attached hydrogen (secondary N) is 1.